The van der Waals surface area contributed by atoms with E-state index >= 15 is 0 Å². The van der Waals surface area contributed by atoms with Crippen molar-refractivity contribution in [2.45, 2.75) is 11.8 Å². The van der Waals surface area contributed by atoms with Crippen molar-refractivity contribution in [3.8, 4) is 0 Å². The number of nitrogens with zero attached hydrogens (tertiary/aromatic N) is 1. The molecule has 1 saturated carbocycles. The second kappa shape index (κ2) is 2.48. The molecule has 1 aromatic heterocycles. The molecule has 0 radical (unpaired) electrons. The summed E-state index contributed by atoms with van der Waals surface area (Å²) in [5.41, 5.74) is 0.308. The second-order valence-corrected chi connectivity index (χ2v) is 4.20. The van der Waals surface area contributed by atoms with Gasteiger partial charge >= 0.3 is 5.97 Å². The van der Waals surface area contributed by atoms with E-state index in [2.05, 4.69) is 4.98 Å². The molecule has 0 bridgehead atoms. The van der Waals surface area contributed by atoms with Crippen LogP contribution in [0, 0.1) is 5.92 Å². The Balaban J connectivity index is 2.08. The highest BCUT2D eigenvalue weighted by molar-refractivity contribution is 6.29. The van der Waals surface area contributed by atoms with Crippen LogP contribution >= 0.6 is 11.6 Å². The number of carbonyl (C=O) groups excluding carboxylic acids is 1. The molecule has 3 rings (SSSR count). The summed E-state index contributed by atoms with van der Waals surface area (Å²) in [6.07, 6.45) is 0.860. The van der Waals surface area contributed by atoms with Gasteiger partial charge in [0.05, 0.1) is 12.3 Å². The zero-order valence-electron chi connectivity index (χ0n) is 7.37. The fourth-order valence-corrected chi connectivity index (χ4v) is 2.32. The Morgan fingerprint density at radius 3 is 3.00 bits per heavy atom. The molecule has 0 N–H and O–H groups in total. The zero-order chi connectivity index (χ0) is 9.76. The molecule has 2 heterocycles. The molecule has 2 fully saturated rings. The number of esters is 1. The van der Waals surface area contributed by atoms with Crippen molar-refractivity contribution < 1.29 is 9.53 Å². The summed E-state index contributed by atoms with van der Waals surface area (Å²) in [6, 6.07) is 5.37. The maximum atomic E-state index is 11.5. The first-order valence-electron chi connectivity index (χ1n) is 4.54. The van der Waals surface area contributed by atoms with Crippen LogP contribution in [0.15, 0.2) is 18.2 Å². The molecule has 4 heteroatoms. The van der Waals surface area contributed by atoms with Gasteiger partial charge in [-0.2, -0.15) is 0 Å². The van der Waals surface area contributed by atoms with Gasteiger partial charge in [-0.3, -0.25) is 4.79 Å². The molecule has 3 nitrogen and oxygen atoms in total. The quantitative estimate of drug-likeness (QED) is 0.521. The standard InChI is InChI=1S/C10H8ClNO2/c11-8-3-1-2-7(12-8)10-4-6(10)5-14-9(10)13/h1-3,6H,4-5H2/t6-,10-/m0/s1. The highest BCUT2D eigenvalue weighted by Crippen LogP contribution is 2.58. The molecule has 0 spiro atoms. The maximum Gasteiger partial charge on any atom is 0.318 e. The molecule has 14 heavy (non-hydrogen) atoms. The number of cyclic esters (lactones) is 1. The highest BCUT2D eigenvalue weighted by atomic mass is 35.5. The fourth-order valence-electron chi connectivity index (χ4n) is 2.16. The van der Waals surface area contributed by atoms with Gasteiger partial charge in [0.1, 0.15) is 10.6 Å². The number of aromatic nitrogens is 1. The monoisotopic (exact) mass is 209 g/mol. The van der Waals surface area contributed by atoms with Gasteiger partial charge in [-0.1, -0.05) is 17.7 Å². The third-order valence-electron chi connectivity index (χ3n) is 3.06. The lowest BCUT2D eigenvalue weighted by molar-refractivity contribution is -0.142. The van der Waals surface area contributed by atoms with E-state index in [1.807, 2.05) is 12.1 Å². The Labute approximate surface area is 86.0 Å². The Morgan fingerprint density at radius 1 is 1.57 bits per heavy atom. The second-order valence-electron chi connectivity index (χ2n) is 3.82. The lowest BCUT2D eigenvalue weighted by Crippen LogP contribution is -2.20. The van der Waals surface area contributed by atoms with Crippen LogP contribution in [-0.4, -0.2) is 17.6 Å². The molecule has 2 atom stereocenters. The number of rotatable bonds is 1. The summed E-state index contributed by atoms with van der Waals surface area (Å²) in [6.45, 7) is 0.535. The largest absolute Gasteiger partial charge is 0.465 e. The SMILES string of the molecule is O=C1OC[C@@H]2C[C@]12c1cccc(Cl)n1. The van der Waals surface area contributed by atoms with E-state index in [9.17, 15) is 4.79 Å². The number of ether oxygens (including phenoxy) is 1. The van der Waals surface area contributed by atoms with Crippen LogP contribution < -0.4 is 0 Å². The summed E-state index contributed by atoms with van der Waals surface area (Å²) in [5, 5.41) is 0.433. The minimum absolute atomic E-state index is 0.141. The topological polar surface area (TPSA) is 39.2 Å². The van der Waals surface area contributed by atoms with Gasteiger partial charge in [-0.25, -0.2) is 4.98 Å². The zero-order valence-corrected chi connectivity index (χ0v) is 8.12. The predicted molar refractivity (Wildman–Crippen MR) is 50.0 cm³/mol. The summed E-state index contributed by atoms with van der Waals surface area (Å²) >= 11 is 5.79. The van der Waals surface area contributed by atoms with Crippen molar-refractivity contribution in [2.24, 2.45) is 5.92 Å². The number of pyridine rings is 1. The first-order chi connectivity index (χ1) is 6.73. The van der Waals surface area contributed by atoms with Crippen molar-refractivity contribution in [3.63, 3.8) is 0 Å². The van der Waals surface area contributed by atoms with E-state index in [1.54, 1.807) is 6.07 Å². The molecule has 72 valence electrons. The van der Waals surface area contributed by atoms with E-state index in [-0.39, 0.29) is 5.97 Å². The molecule has 0 amide bonds. The van der Waals surface area contributed by atoms with Crippen LogP contribution in [0.5, 0.6) is 0 Å². The predicted octanol–water partition coefficient (Wildman–Crippen LogP) is 1.55. The third-order valence-corrected chi connectivity index (χ3v) is 3.27. The van der Waals surface area contributed by atoms with Crippen molar-refractivity contribution in [2.75, 3.05) is 6.61 Å². The van der Waals surface area contributed by atoms with Gasteiger partial charge in [-0.05, 0) is 18.6 Å². The Morgan fingerprint density at radius 2 is 2.43 bits per heavy atom. The van der Waals surface area contributed by atoms with Crippen LogP contribution in [0.4, 0.5) is 0 Å². The van der Waals surface area contributed by atoms with Crippen LogP contribution in [0.2, 0.25) is 5.15 Å². The average Bonchev–Trinajstić information content (AvgIpc) is 2.83. The van der Waals surface area contributed by atoms with Crippen molar-refractivity contribution in [1.29, 1.82) is 0 Å². The van der Waals surface area contributed by atoms with Gasteiger partial charge in [0.25, 0.3) is 0 Å². The third kappa shape index (κ3) is 0.879. The van der Waals surface area contributed by atoms with Crippen molar-refractivity contribution in [1.82, 2.24) is 4.98 Å². The summed E-state index contributed by atoms with van der Waals surface area (Å²) < 4.78 is 4.99. The Bertz CT molecular complexity index is 420. The lowest BCUT2D eigenvalue weighted by Gasteiger charge is -2.07. The van der Waals surface area contributed by atoms with Gasteiger partial charge < -0.3 is 4.74 Å². The van der Waals surface area contributed by atoms with Crippen LogP contribution in [0.1, 0.15) is 12.1 Å². The molecule has 1 saturated heterocycles. The summed E-state index contributed by atoms with van der Waals surface area (Å²) in [5.74, 6) is 0.179. The summed E-state index contributed by atoms with van der Waals surface area (Å²) in [7, 11) is 0. The lowest BCUT2D eigenvalue weighted by atomic mass is 10.0. The van der Waals surface area contributed by atoms with E-state index in [0.717, 1.165) is 12.1 Å². The Hall–Kier alpha value is -1.09. The molecule has 1 aromatic rings. The maximum absolute atomic E-state index is 11.5. The van der Waals surface area contributed by atoms with Crippen LogP contribution in [0.3, 0.4) is 0 Å². The number of carbonyl (C=O) groups is 1. The fraction of sp³-hybridized carbons (Fsp3) is 0.400. The van der Waals surface area contributed by atoms with Gasteiger partial charge in [0.2, 0.25) is 0 Å². The minimum atomic E-state index is -0.453. The van der Waals surface area contributed by atoms with Crippen molar-refractivity contribution in [3.05, 3.63) is 29.0 Å². The summed E-state index contributed by atoms with van der Waals surface area (Å²) in [4.78, 5) is 15.7. The van der Waals surface area contributed by atoms with Crippen molar-refractivity contribution >= 4 is 17.6 Å². The van der Waals surface area contributed by atoms with E-state index in [0.29, 0.717) is 17.7 Å². The first kappa shape index (κ1) is 8.24. The smallest absolute Gasteiger partial charge is 0.318 e. The number of fused-ring (bicyclic) bond motifs is 1. The average molecular weight is 210 g/mol. The normalized spacial score (nSPS) is 33.8. The van der Waals surface area contributed by atoms with Crippen LogP contribution in [-0.2, 0) is 14.9 Å². The van der Waals surface area contributed by atoms with Gasteiger partial charge in [0.15, 0.2) is 0 Å². The first-order valence-corrected chi connectivity index (χ1v) is 4.91. The number of halogens is 1. The number of hydrogen-bond donors (Lipinski definition) is 0. The minimum Gasteiger partial charge on any atom is -0.465 e. The molecular formula is C10H8ClNO2. The molecule has 0 unspecified atom stereocenters. The molecular weight excluding hydrogens is 202 g/mol. The highest BCUT2D eigenvalue weighted by Gasteiger charge is 2.67. The molecule has 1 aliphatic heterocycles. The molecule has 2 aliphatic rings. The molecule has 0 aromatic carbocycles. The van der Waals surface area contributed by atoms with E-state index in [4.69, 9.17) is 16.3 Å². The van der Waals surface area contributed by atoms with Crippen LogP contribution in [0.25, 0.3) is 0 Å². The Kier molecular flexibility index (Phi) is 1.46. The van der Waals surface area contributed by atoms with E-state index in [1.165, 1.54) is 0 Å². The van der Waals surface area contributed by atoms with Gasteiger partial charge in [0, 0.05) is 5.92 Å². The van der Waals surface area contributed by atoms with Gasteiger partial charge in [-0.15, -0.1) is 0 Å². The van der Waals surface area contributed by atoms with E-state index < -0.39 is 5.41 Å². The molecule has 1 aliphatic carbocycles. The number of hydrogen-bond acceptors (Lipinski definition) is 3.